The molecule has 0 aromatic heterocycles. The van der Waals surface area contributed by atoms with Crippen molar-refractivity contribution in [1.29, 1.82) is 0 Å². The van der Waals surface area contributed by atoms with Crippen molar-refractivity contribution in [3.63, 3.8) is 0 Å². The Kier molecular flexibility index (Phi) is 48.2. The van der Waals surface area contributed by atoms with Gasteiger partial charge < -0.3 is 14.6 Å². The molecule has 0 radical (unpaired) electrons. The second-order valence-corrected chi connectivity index (χ2v) is 15.4. The lowest BCUT2D eigenvalue weighted by atomic mass is 10.1. The van der Waals surface area contributed by atoms with Crippen molar-refractivity contribution in [2.24, 2.45) is 0 Å². The maximum absolute atomic E-state index is 12.2. The van der Waals surface area contributed by atoms with Gasteiger partial charge in [-0.1, -0.05) is 200 Å². The summed E-state index contributed by atoms with van der Waals surface area (Å²) in [7, 11) is 0. The van der Waals surface area contributed by atoms with Crippen LogP contribution in [0.2, 0.25) is 0 Å². The molecule has 4 nitrogen and oxygen atoms in total. The van der Waals surface area contributed by atoms with Crippen LogP contribution in [-0.4, -0.2) is 37.0 Å². The molecule has 1 unspecified atom stereocenters. The van der Waals surface area contributed by atoms with Gasteiger partial charge in [0.1, 0.15) is 6.10 Å². The summed E-state index contributed by atoms with van der Waals surface area (Å²) in [6, 6.07) is 0. The summed E-state index contributed by atoms with van der Waals surface area (Å²) in [4.78, 5) is 12.2. The zero-order chi connectivity index (χ0) is 42.6. The van der Waals surface area contributed by atoms with E-state index < -0.39 is 6.10 Å². The normalized spacial score (nSPS) is 13.5. The second kappa shape index (κ2) is 50.9. The van der Waals surface area contributed by atoms with E-state index in [0.717, 1.165) is 103 Å². The highest BCUT2D eigenvalue weighted by atomic mass is 16.6. The predicted molar refractivity (Wildman–Crippen MR) is 260 cm³/mol. The Morgan fingerprint density at radius 2 is 0.763 bits per heavy atom. The molecule has 0 bridgehead atoms. The fraction of sp³-hybridized carbons (Fsp3) is 0.618. The zero-order valence-electron chi connectivity index (χ0n) is 38.2. The minimum absolute atomic E-state index is 0.196. The van der Waals surface area contributed by atoms with Crippen molar-refractivity contribution >= 4 is 5.97 Å². The van der Waals surface area contributed by atoms with Crippen LogP contribution in [0.5, 0.6) is 0 Å². The molecule has 0 amide bonds. The van der Waals surface area contributed by atoms with E-state index in [-0.39, 0.29) is 19.2 Å². The van der Waals surface area contributed by atoms with Crippen LogP contribution in [-0.2, 0) is 14.3 Å². The third-order valence-electron chi connectivity index (χ3n) is 9.77. The van der Waals surface area contributed by atoms with Crippen LogP contribution in [0.15, 0.2) is 122 Å². The Labute approximate surface area is 365 Å². The van der Waals surface area contributed by atoms with Gasteiger partial charge in [0.15, 0.2) is 0 Å². The molecule has 59 heavy (non-hydrogen) atoms. The molecule has 0 spiro atoms. The zero-order valence-corrected chi connectivity index (χ0v) is 38.2. The van der Waals surface area contributed by atoms with Crippen LogP contribution in [0.1, 0.15) is 194 Å². The monoisotopic (exact) mass is 815 g/mol. The number of unbranched alkanes of at least 4 members (excludes halogenated alkanes) is 15. The first-order chi connectivity index (χ1) is 29.2. The molecule has 0 saturated carbocycles. The van der Waals surface area contributed by atoms with Crippen molar-refractivity contribution < 1.29 is 19.4 Å². The van der Waals surface area contributed by atoms with Gasteiger partial charge in [-0.2, -0.15) is 0 Å². The molecule has 0 heterocycles. The van der Waals surface area contributed by atoms with Crippen LogP contribution >= 0.6 is 0 Å². The first-order valence-electron chi connectivity index (χ1n) is 24.1. The molecule has 0 aromatic carbocycles. The molecule has 4 heteroatoms. The molecule has 0 aromatic rings. The predicted octanol–water partition coefficient (Wildman–Crippen LogP) is 16.4. The van der Waals surface area contributed by atoms with Crippen molar-refractivity contribution in [1.82, 2.24) is 0 Å². The molecule has 0 rings (SSSR count). The number of aliphatic hydroxyl groups excluding tert-OH is 1. The summed E-state index contributed by atoms with van der Waals surface area (Å²) >= 11 is 0. The van der Waals surface area contributed by atoms with Gasteiger partial charge in [0.2, 0.25) is 0 Å². The van der Waals surface area contributed by atoms with Gasteiger partial charge >= 0.3 is 5.97 Å². The smallest absolute Gasteiger partial charge is 0.306 e. The number of hydrogen-bond acceptors (Lipinski definition) is 4. The van der Waals surface area contributed by atoms with E-state index in [4.69, 9.17) is 9.47 Å². The van der Waals surface area contributed by atoms with Gasteiger partial charge in [0.05, 0.1) is 13.2 Å². The van der Waals surface area contributed by atoms with Crippen molar-refractivity contribution in [2.75, 3.05) is 19.8 Å². The maximum Gasteiger partial charge on any atom is 0.306 e. The van der Waals surface area contributed by atoms with Crippen LogP contribution in [0.25, 0.3) is 0 Å². The molecular weight excluding hydrogens is 725 g/mol. The first kappa shape index (κ1) is 55.8. The summed E-state index contributed by atoms with van der Waals surface area (Å²) in [6.45, 7) is 5.13. The molecule has 334 valence electrons. The van der Waals surface area contributed by atoms with E-state index in [0.29, 0.717) is 13.0 Å². The van der Waals surface area contributed by atoms with E-state index >= 15 is 0 Å². The molecule has 0 aliphatic heterocycles. The fourth-order valence-corrected chi connectivity index (χ4v) is 6.20. The summed E-state index contributed by atoms with van der Waals surface area (Å²) in [5, 5.41) is 9.63. The number of carbonyl (C=O) groups excluding carboxylic acids is 1. The average Bonchev–Trinajstić information content (AvgIpc) is 3.24. The first-order valence-corrected chi connectivity index (χ1v) is 24.1. The van der Waals surface area contributed by atoms with Crippen LogP contribution in [0.3, 0.4) is 0 Å². The molecular formula is C55H90O4. The van der Waals surface area contributed by atoms with Gasteiger partial charge in [0.25, 0.3) is 0 Å². The van der Waals surface area contributed by atoms with E-state index in [2.05, 4.69) is 135 Å². The highest BCUT2D eigenvalue weighted by molar-refractivity contribution is 5.69. The molecule has 0 fully saturated rings. The van der Waals surface area contributed by atoms with Crippen molar-refractivity contribution in [3.8, 4) is 0 Å². The van der Waals surface area contributed by atoms with Gasteiger partial charge in [-0.25, -0.2) is 0 Å². The Hall–Kier alpha value is -3.21. The Morgan fingerprint density at radius 3 is 1.15 bits per heavy atom. The molecule has 1 atom stereocenters. The number of aliphatic hydroxyl groups is 1. The summed E-state index contributed by atoms with van der Waals surface area (Å²) < 4.78 is 11.2. The van der Waals surface area contributed by atoms with Gasteiger partial charge in [-0.3, -0.25) is 4.79 Å². The van der Waals surface area contributed by atoms with Crippen LogP contribution in [0, 0.1) is 0 Å². The SMILES string of the molecule is CC/C=C\C/C=C\C/C=C\C/C=C\C/C=C\C/C=C\C/C=C\CCCCCCOCC(CO)OC(=O)CCCCCCCC/C=C\C/C=C\C/C=C\CCCCCCC. The van der Waals surface area contributed by atoms with Gasteiger partial charge in [-0.05, 0) is 109 Å². The Balaban J connectivity index is 3.59. The molecule has 1 N–H and O–H groups in total. The van der Waals surface area contributed by atoms with E-state index in [1.807, 2.05) is 0 Å². The Bertz CT molecular complexity index is 1180. The van der Waals surface area contributed by atoms with Crippen LogP contribution in [0.4, 0.5) is 0 Å². The van der Waals surface area contributed by atoms with Crippen LogP contribution < -0.4 is 0 Å². The van der Waals surface area contributed by atoms with Gasteiger partial charge in [-0.15, -0.1) is 0 Å². The van der Waals surface area contributed by atoms with E-state index in [1.165, 1.54) is 70.6 Å². The highest BCUT2D eigenvalue weighted by Gasteiger charge is 2.13. The lowest BCUT2D eigenvalue weighted by molar-refractivity contribution is -0.154. The number of esters is 1. The second-order valence-electron chi connectivity index (χ2n) is 15.4. The quantitative estimate of drug-likeness (QED) is 0.0378. The number of carbonyl (C=O) groups is 1. The summed E-state index contributed by atoms with van der Waals surface area (Å²) in [6.07, 6.45) is 75.6. The lowest BCUT2D eigenvalue weighted by Gasteiger charge is -2.15. The minimum atomic E-state index is -0.566. The molecule has 0 aliphatic rings. The van der Waals surface area contributed by atoms with E-state index in [1.54, 1.807) is 0 Å². The largest absolute Gasteiger partial charge is 0.457 e. The van der Waals surface area contributed by atoms with E-state index in [9.17, 15) is 9.90 Å². The average molecular weight is 815 g/mol. The van der Waals surface area contributed by atoms with Gasteiger partial charge in [0, 0.05) is 13.0 Å². The number of allylic oxidation sites excluding steroid dienone is 20. The lowest BCUT2D eigenvalue weighted by Crippen LogP contribution is -2.27. The molecule has 0 saturated heterocycles. The molecule has 0 aliphatic carbocycles. The van der Waals surface area contributed by atoms with Crippen molar-refractivity contribution in [3.05, 3.63) is 122 Å². The summed E-state index contributed by atoms with van der Waals surface area (Å²) in [5.41, 5.74) is 0. The standard InChI is InChI=1S/C55H90O4/c1-3-5-7-9-11-13-15-17-19-21-23-25-26-27-28-29-31-33-35-37-39-41-43-45-47-49-51-58-53-54(52-56)59-55(57)50-48-46-44-42-40-38-36-34-32-30-24-22-20-18-16-14-12-10-8-6-4-2/h5,7,11,13,16-19,22-25,27-28,31-34,37,39,54,56H,3-4,6,8-10,12,14-15,20-21,26,29-30,35-36,38,40-53H2,1-2H3/b7-5-,13-11-,18-16-,19-17-,24-22-,25-23-,28-27-,33-31-,34-32-,39-37-. The van der Waals surface area contributed by atoms with Crippen molar-refractivity contribution in [2.45, 2.75) is 200 Å². The summed E-state index contributed by atoms with van der Waals surface area (Å²) in [5.74, 6) is -0.227. The fourth-order valence-electron chi connectivity index (χ4n) is 6.20. The topological polar surface area (TPSA) is 55.8 Å². The number of hydrogen-bond donors (Lipinski definition) is 1. The third kappa shape index (κ3) is 49.1. The maximum atomic E-state index is 12.2. The highest BCUT2D eigenvalue weighted by Crippen LogP contribution is 2.11. The third-order valence-corrected chi connectivity index (χ3v) is 9.77. The number of ether oxygens (including phenoxy) is 2. The minimum Gasteiger partial charge on any atom is -0.457 e. The number of rotatable bonds is 43. The Morgan fingerprint density at radius 1 is 0.424 bits per heavy atom.